The van der Waals surface area contributed by atoms with Crippen LogP contribution in [0.2, 0.25) is 0 Å². The van der Waals surface area contributed by atoms with Crippen LogP contribution in [0.15, 0.2) is 30.8 Å². The summed E-state index contributed by atoms with van der Waals surface area (Å²) in [7, 11) is -1.92. The maximum Gasteiger partial charge on any atom is 0.264 e. The molecule has 0 heterocycles. The molecular weight excluding hydrogens is 262 g/mol. The highest BCUT2D eigenvalue weighted by atomic mass is 32.2. The molecule has 0 saturated heterocycles. The molecule has 1 rings (SSSR count). The minimum absolute atomic E-state index is 0.195. The number of hydrogen-bond acceptors (Lipinski definition) is 3. The second-order valence-electron chi connectivity index (χ2n) is 4.67. The predicted molar refractivity (Wildman–Crippen MR) is 78.6 cm³/mol. The lowest BCUT2D eigenvalue weighted by molar-refractivity contribution is 0.262. The molecule has 0 aromatic heterocycles. The van der Waals surface area contributed by atoms with Gasteiger partial charge in [0.05, 0.1) is 5.75 Å². The Morgan fingerprint density at radius 2 is 1.95 bits per heavy atom. The fourth-order valence-electron chi connectivity index (χ4n) is 1.86. The molecule has 5 heteroatoms. The van der Waals surface area contributed by atoms with Gasteiger partial charge in [0.15, 0.2) is 0 Å². The van der Waals surface area contributed by atoms with E-state index in [0.29, 0.717) is 13.0 Å². The van der Waals surface area contributed by atoms with E-state index >= 15 is 0 Å². The minimum atomic E-state index is -3.86. The summed E-state index contributed by atoms with van der Waals surface area (Å²) in [4.78, 5) is 2.06. The van der Waals surface area contributed by atoms with Gasteiger partial charge in [-0.15, -0.1) is 0 Å². The molecule has 1 unspecified atom stereocenters. The van der Waals surface area contributed by atoms with Crippen molar-refractivity contribution in [2.45, 2.75) is 19.4 Å². The van der Waals surface area contributed by atoms with Crippen LogP contribution in [0.3, 0.4) is 0 Å². The van der Waals surface area contributed by atoms with Crippen LogP contribution in [0.25, 0.3) is 6.08 Å². The Hall–Kier alpha value is -1.17. The Morgan fingerprint density at radius 1 is 1.37 bits per heavy atom. The van der Waals surface area contributed by atoms with Gasteiger partial charge < -0.3 is 0 Å². The zero-order chi connectivity index (χ0) is 14.5. The summed E-state index contributed by atoms with van der Waals surface area (Å²) in [6.07, 6.45) is 2.22. The van der Waals surface area contributed by atoms with E-state index in [2.05, 4.69) is 18.4 Å². The van der Waals surface area contributed by atoms with Crippen LogP contribution in [-0.4, -0.2) is 37.2 Å². The SMILES string of the molecule is C=Cc1ccc(C(C)N(C)CCCS(=O)(=O)O)cc1. The first-order valence-corrected chi connectivity index (χ1v) is 7.82. The van der Waals surface area contributed by atoms with Crippen molar-refractivity contribution in [3.8, 4) is 0 Å². The minimum Gasteiger partial charge on any atom is -0.300 e. The second kappa shape index (κ2) is 6.84. The van der Waals surface area contributed by atoms with E-state index in [4.69, 9.17) is 4.55 Å². The molecule has 0 spiro atoms. The van der Waals surface area contributed by atoms with Gasteiger partial charge in [-0.3, -0.25) is 9.45 Å². The van der Waals surface area contributed by atoms with E-state index in [0.717, 1.165) is 5.56 Å². The average molecular weight is 283 g/mol. The molecular formula is C14H21NO3S. The molecule has 1 N–H and O–H groups in total. The number of nitrogens with zero attached hydrogens (tertiary/aromatic N) is 1. The van der Waals surface area contributed by atoms with Crippen LogP contribution in [0.4, 0.5) is 0 Å². The van der Waals surface area contributed by atoms with Crippen molar-refractivity contribution in [3.05, 3.63) is 42.0 Å². The van der Waals surface area contributed by atoms with Crippen molar-refractivity contribution in [2.75, 3.05) is 19.3 Å². The van der Waals surface area contributed by atoms with Crippen LogP contribution in [0.1, 0.15) is 30.5 Å². The predicted octanol–water partition coefficient (Wildman–Crippen LogP) is 2.60. The average Bonchev–Trinajstić information content (AvgIpc) is 2.36. The lowest BCUT2D eigenvalue weighted by Gasteiger charge is -2.25. The van der Waals surface area contributed by atoms with Crippen LogP contribution < -0.4 is 0 Å². The Kier molecular flexibility index (Phi) is 5.72. The Bertz CT molecular complexity index is 508. The molecule has 0 aliphatic heterocycles. The first-order valence-electron chi connectivity index (χ1n) is 6.21. The molecule has 0 bridgehead atoms. The summed E-state index contributed by atoms with van der Waals surface area (Å²) < 4.78 is 30.0. The third-order valence-electron chi connectivity index (χ3n) is 3.23. The molecule has 0 aliphatic rings. The third kappa shape index (κ3) is 5.55. The quantitative estimate of drug-likeness (QED) is 0.781. The van der Waals surface area contributed by atoms with E-state index in [1.54, 1.807) is 6.08 Å². The first-order chi connectivity index (χ1) is 8.83. The summed E-state index contributed by atoms with van der Waals surface area (Å²) in [5.74, 6) is -0.195. The molecule has 0 fully saturated rings. The van der Waals surface area contributed by atoms with E-state index < -0.39 is 10.1 Å². The zero-order valence-corrected chi connectivity index (χ0v) is 12.2. The van der Waals surface area contributed by atoms with E-state index in [-0.39, 0.29) is 11.8 Å². The van der Waals surface area contributed by atoms with Gasteiger partial charge in [-0.1, -0.05) is 36.9 Å². The summed E-state index contributed by atoms with van der Waals surface area (Å²) in [5, 5.41) is 0. The van der Waals surface area contributed by atoms with Gasteiger partial charge in [0, 0.05) is 6.04 Å². The molecule has 1 atom stereocenters. The molecule has 19 heavy (non-hydrogen) atoms. The van der Waals surface area contributed by atoms with Gasteiger partial charge in [-0.25, -0.2) is 0 Å². The molecule has 0 radical (unpaired) electrons. The maximum absolute atomic E-state index is 10.7. The number of rotatable bonds is 7. The van der Waals surface area contributed by atoms with Crippen molar-refractivity contribution < 1.29 is 13.0 Å². The summed E-state index contributed by atoms with van der Waals surface area (Å²) >= 11 is 0. The summed E-state index contributed by atoms with van der Waals surface area (Å²) in [6.45, 7) is 6.39. The van der Waals surface area contributed by atoms with E-state index in [1.165, 1.54) is 5.56 Å². The standard InChI is InChI=1S/C14H21NO3S/c1-4-13-6-8-14(9-7-13)12(2)15(3)10-5-11-19(16,17)18/h4,6-9,12H,1,5,10-11H2,2-3H3,(H,16,17,18). The van der Waals surface area contributed by atoms with Gasteiger partial charge >= 0.3 is 0 Å². The van der Waals surface area contributed by atoms with Crippen LogP contribution in [0, 0.1) is 0 Å². The van der Waals surface area contributed by atoms with Gasteiger partial charge in [0.1, 0.15) is 0 Å². The smallest absolute Gasteiger partial charge is 0.264 e. The van der Waals surface area contributed by atoms with Crippen molar-refractivity contribution >= 4 is 16.2 Å². The monoisotopic (exact) mass is 283 g/mol. The normalized spacial score (nSPS) is 13.5. The van der Waals surface area contributed by atoms with E-state index in [9.17, 15) is 8.42 Å². The molecule has 0 amide bonds. The van der Waals surface area contributed by atoms with E-state index in [1.807, 2.05) is 31.3 Å². The van der Waals surface area contributed by atoms with Crippen LogP contribution in [-0.2, 0) is 10.1 Å². The Balaban J connectivity index is 2.55. The Labute approximate surface area is 115 Å². The highest BCUT2D eigenvalue weighted by Crippen LogP contribution is 2.19. The highest BCUT2D eigenvalue weighted by Gasteiger charge is 2.12. The summed E-state index contributed by atoms with van der Waals surface area (Å²) in [5.41, 5.74) is 2.24. The van der Waals surface area contributed by atoms with Crippen molar-refractivity contribution in [3.63, 3.8) is 0 Å². The molecule has 1 aromatic rings. The first kappa shape index (κ1) is 15.9. The number of hydrogen-bond donors (Lipinski definition) is 1. The largest absolute Gasteiger partial charge is 0.300 e. The molecule has 0 saturated carbocycles. The van der Waals surface area contributed by atoms with Gasteiger partial charge in [-0.2, -0.15) is 8.42 Å². The third-order valence-corrected chi connectivity index (χ3v) is 4.03. The lowest BCUT2D eigenvalue weighted by atomic mass is 10.1. The Morgan fingerprint density at radius 3 is 2.42 bits per heavy atom. The number of benzene rings is 1. The topological polar surface area (TPSA) is 57.6 Å². The molecule has 4 nitrogen and oxygen atoms in total. The fourth-order valence-corrected chi connectivity index (χ4v) is 2.35. The van der Waals surface area contributed by atoms with Crippen molar-refractivity contribution in [1.82, 2.24) is 4.90 Å². The zero-order valence-electron chi connectivity index (χ0n) is 11.4. The van der Waals surface area contributed by atoms with Crippen molar-refractivity contribution in [1.29, 1.82) is 0 Å². The van der Waals surface area contributed by atoms with Gasteiger partial charge in [-0.05, 0) is 38.1 Å². The molecule has 0 aliphatic carbocycles. The maximum atomic E-state index is 10.7. The van der Waals surface area contributed by atoms with Crippen LogP contribution >= 0.6 is 0 Å². The van der Waals surface area contributed by atoms with Gasteiger partial charge in [0.25, 0.3) is 10.1 Å². The fraction of sp³-hybridized carbons (Fsp3) is 0.429. The van der Waals surface area contributed by atoms with Crippen molar-refractivity contribution in [2.24, 2.45) is 0 Å². The molecule has 106 valence electrons. The molecule has 1 aromatic carbocycles. The second-order valence-corrected chi connectivity index (χ2v) is 6.24. The van der Waals surface area contributed by atoms with Crippen LogP contribution in [0.5, 0.6) is 0 Å². The van der Waals surface area contributed by atoms with Gasteiger partial charge in [0.2, 0.25) is 0 Å². The summed E-state index contributed by atoms with van der Waals surface area (Å²) in [6, 6.07) is 8.29. The highest BCUT2D eigenvalue weighted by molar-refractivity contribution is 7.85. The lowest BCUT2D eigenvalue weighted by Crippen LogP contribution is -2.25.